The summed E-state index contributed by atoms with van der Waals surface area (Å²) < 4.78 is 10.9. The minimum Gasteiger partial charge on any atom is -0.497 e. The van der Waals surface area contributed by atoms with Gasteiger partial charge in [0.2, 0.25) is 5.91 Å². The quantitative estimate of drug-likeness (QED) is 0.414. The number of hydrogen-bond donors (Lipinski definition) is 2. The highest BCUT2D eigenvalue weighted by atomic mass is 16.6. The summed E-state index contributed by atoms with van der Waals surface area (Å²) in [4.78, 5) is 40.4. The Bertz CT molecular complexity index is 1290. The number of rotatable bonds is 9. The van der Waals surface area contributed by atoms with Gasteiger partial charge in [-0.05, 0) is 54.3 Å². The van der Waals surface area contributed by atoms with Gasteiger partial charge < -0.3 is 20.1 Å². The summed E-state index contributed by atoms with van der Waals surface area (Å²) >= 11 is 0. The molecule has 3 amide bonds. The molecule has 38 heavy (non-hydrogen) atoms. The summed E-state index contributed by atoms with van der Waals surface area (Å²) in [5, 5.41) is 5.81. The summed E-state index contributed by atoms with van der Waals surface area (Å²) in [6, 6.07) is 20.9. The summed E-state index contributed by atoms with van der Waals surface area (Å²) in [6.45, 7) is 6.76. The third-order valence-electron chi connectivity index (χ3n) is 6.34. The van der Waals surface area contributed by atoms with Crippen LogP contribution in [0.15, 0.2) is 72.8 Å². The number of aryl methyl sites for hydroxylation is 1. The molecule has 1 aliphatic rings. The Labute approximate surface area is 222 Å². The average Bonchev–Trinajstić information content (AvgIpc) is 3.24. The van der Waals surface area contributed by atoms with E-state index in [-0.39, 0.29) is 24.3 Å². The van der Waals surface area contributed by atoms with E-state index in [0.29, 0.717) is 29.1 Å². The maximum atomic E-state index is 13.3. The fourth-order valence-electron chi connectivity index (χ4n) is 4.23. The monoisotopic (exact) mass is 515 g/mol. The van der Waals surface area contributed by atoms with Crippen LogP contribution in [0.5, 0.6) is 5.75 Å². The van der Waals surface area contributed by atoms with Crippen molar-refractivity contribution < 1.29 is 23.9 Å². The zero-order valence-electron chi connectivity index (χ0n) is 22.1. The van der Waals surface area contributed by atoms with Crippen molar-refractivity contribution in [1.82, 2.24) is 10.2 Å². The van der Waals surface area contributed by atoms with Crippen molar-refractivity contribution in [3.8, 4) is 5.75 Å². The number of anilines is 1. The third kappa shape index (κ3) is 6.32. The van der Waals surface area contributed by atoms with Gasteiger partial charge in [0, 0.05) is 17.8 Å². The zero-order chi connectivity index (χ0) is 27.2. The molecule has 0 aliphatic carbocycles. The molecule has 0 saturated carbocycles. The number of methoxy groups -OCH3 is 1. The molecule has 0 bridgehead atoms. The summed E-state index contributed by atoms with van der Waals surface area (Å²) in [7, 11) is 1.55. The van der Waals surface area contributed by atoms with Crippen LogP contribution in [0.2, 0.25) is 0 Å². The van der Waals surface area contributed by atoms with Gasteiger partial charge in [0.05, 0.1) is 13.7 Å². The standard InChI is InChI=1S/C30H33N3O5/c1-19(2)17-31-29(35)26-27(38-30(36)33(26)18-21-10-8-20(3)9-11-21)22-12-14-24(15-13-22)32-28(34)23-6-5-7-25(16-23)37-4/h5-16,19,26-27H,17-18H2,1-4H3,(H,31,35)(H,32,34). The van der Waals surface area contributed by atoms with Gasteiger partial charge in [-0.1, -0.05) is 61.9 Å². The van der Waals surface area contributed by atoms with Crippen LogP contribution in [0.3, 0.4) is 0 Å². The van der Waals surface area contributed by atoms with Crippen molar-refractivity contribution in [1.29, 1.82) is 0 Å². The second-order valence-electron chi connectivity index (χ2n) is 9.81. The van der Waals surface area contributed by atoms with Gasteiger partial charge in [-0.3, -0.25) is 14.5 Å². The maximum absolute atomic E-state index is 13.3. The van der Waals surface area contributed by atoms with Crippen molar-refractivity contribution in [2.75, 3.05) is 19.0 Å². The lowest BCUT2D eigenvalue weighted by Crippen LogP contribution is -2.47. The third-order valence-corrected chi connectivity index (χ3v) is 6.34. The molecule has 4 rings (SSSR count). The molecule has 2 N–H and O–H groups in total. The van der Waals surface area contributed by atoms with Gasteiger partial charge in [-0.25, -0.2) is 4.79 Å². The molecule has 0 spiro atoms. The van der Waals surface area contributed by atoms with E-state index in [1.54, 1.807) is 55.6 Å². The largest absolute Gasteiger partial charge is 0.497 e. The van der Waals surface area contributed by atoms with E-state index in [1.807, 2.05) is 45.0 Å². The first-order valence-electron chi connectivity index (χ1n) is 12.6. The maximum Gasteiger partial charge on any atom is 0.411 e. The van der Waals surface area contributed by atoms with Crippen LogP contribution in [0.4, 0.5) is 10.5 Å². The van der Waals surface area contributed by atoms with Gasteiger partial charge >= 0.3 is 6.09 Å². The number of carbonyl (C=O) groups excluding carboxylic acids is 3. The zero-order valence-corrected chi connectivity index (χ0v) is 22.1. The fourth-order valence-corrected chi connectivity index (χ4v) is 4.23. The SMILES string of the molecule is COc1cccc(C(=O)Nc2ccc(C3OC(=O)N(Cc4ccc(C)cc4)C3C(=O)NCC(C)C)cc2)c1. The fraction of sp³-hybridized carbons (Fsp3) is 0.300. The van der Waals surface area contributed by atoms with E-state index < -0.39 is 18.2 Å². The predicted molar refractivity (Wildman–Crippen MR) is 145 cm³/mol. The number of benzene rings is 3. The van der Waals surface area contributed by atoms with E-state index in [1.165, 1.54) is 4.90 Å². The summed E-state index contributed by atoms with van der Waals surface area (Å²) in [6.07, 6.45) is -1.33. The molecule has 8 heteroatoms. The lowest BCUT2D eigenvalue weighted by Gasteiger charge is -2.24. The number of cyclic esters (lactones) is 1. The molecule has 3 aromatic rings. The van der Waals surface area contributed by atoms with Gasteiger partial charge in [0.1, 0.15) is 5.75 Å². The second-order valence-corrected chi connectivity index (χ2v) is 9.81. The normalized spacial score (nSPS) is 16.8. The number of hydrogen-bond acceptors (Lipinski definition) is 5. The van der Waals surface area contributed by atoms with Crippen LogP contribution in [0, 0.1) is 12.8 Å². The van der Waals surface area contributed by atoms with E-state index in [9.17, 15) is 14.4 Å². The molecule has 8 nitrogen and oxygen atoms in total. The molecule has 2 atom stereocenters. The number of carbonyl (C=O) groups is 3. The first kappa shape index (κ1) is 26.7. The van der Waals surface area contributed by atoms with Crippen LogP contribution in [0.1, 0.15) is 47.0 Å². The Kier molecular flexibility index (Phi) is 8.31. The molecule has 3 aromatic carbocycles. The molecule has 0 radical (unpaired) electrons. The molecule has 1 heterocycles. The van der Waals surface area contributed by atoms with Gasteiger partial charge in [-0.2, -0.15) is 0 Å². The number of nitrogens with zero attached hydrogens (tertiary/aromatic N) is 1. The highest BCUT2D eigenvalue weighted by Gasteiger charge is 2.46. The van der Waals surface area contributed by atoms with E-state index in [0.717, 1.165) is 11.1 Å². The van der Waals surface area contributed by atoms with Crippen molar-refractivity contribution in [2.24, 2.45) is 5.92 Å². The first-order valence-corrected chi connectivity index (χ1v) is 12.6. The molecular weight excluding hydrogens is 482 g/mol. The smallest absolute Gasteiger partial charge is 0.411 e. The van der Waals surface area contributed by atoms with Crippen molar-refractivity contribution in [3.05, 3.63) is 95.1 Å². The van der Waals surface area contributed by atoms with E-state index in [4.69, 9.17) is 9.47 Å². The Morgan fingerprint density at radius 1 is 1.03 bits per heavy atom. The van der Waals surface area contributed by atoms with Crippen molar-refractivity contribution >= 4 is 23.6 Å². The Hall–Kier alpha value is -4.33. The summed E-state index contributed by atoms with van der Waals surface area (Å²) in [5.41, 5.74) is 3.72. The number of ether oxygens (including phenoxy) is 2. The summed E-state index contributed by atoms with van der Waals surface area (Å²) in [5.74, 6) is 0.303. The molecule has 0 aromatic heterocycles. The molecule has 1 fully saturated rings. The van der Waals surface area contributed by atoms with Crippen LogP contribution in [-0.2, 0) is 16.1 Å². The lowest BCUT2D eigenvalue weighted by atomic mass is 10.00. The minimum absolute atomic E-state index is 0.254. The van der Waals surface area contributed by atoms with Gasteiger partial charge in [0.15, 0.2) is 12.1 Å². The number of nitrogens with one attached hydrogen (secondary N) is 2. The lowest BCUT2D eigenvalue weighted by molar-refractivity contribution is -0.126. The molecule has 1 saturated heterocycles. The Morgan fingerprint density at radius 2 is 1.74 bits per heavy atom. The van der Waals surface area contributed by atoms with Gasteiger partial charge in [-0.15, -0.1) is 0 Å². The topological polar surface area (TPSA) is 97.0 Å². The van der Waals surface area contributed by atoms with Crippen molar-refractivity contribution in [3.63, 3.8) is 0 Å². The predicted octanol–water partition coefficient (Wildman–Crippen LogP) is 5.09. The van der Waals surface area contributed by atoms with Crippen LogP contribution < -0.4 is 15.4 Å². The van der Waals surface area contributed by atoms with Crippen LogP contribution in [-0.4, -0.2) is 42.5 Å². The van der Waals surface area contributed by atoms with Crippen LogP contribution >= 0.6 is 0 Å². The molecular formula is C30H33N3O5. The highest BCUT2D eigenvalue weighted by Crippen LogP contribution is 2.34. The Morgan fingerprint density at radius 3 is 2.39 bits per heavy atom. The first-order chi connectivity index (χ1) is 18.2. The van der Waals surface area contributed by atoms with Gasteiger partial charge in [0.25, 0.3) is 5.91 Å². The minimum atomic E-state index is -0.834. The second kappa shape index (κ2) is 11.8. The molecule has 2 unspecified atom stereocenters. The highest BCUT2D eigenvalue weighted by molar-refractivity contribution is 6.04. The average molecular weight is 516 g/mol. The molecule has 198 valence electrons. The Balaban J connectivity index is 1.54. The van der Waals surface area contributed by atoms with Crippen LogP contribution in [0.25, 0.3) is 0 Å². The number of amides is 3. The van der Waals surface area contributed by atoms with Crippen molar-refractivity contribution in [2.45, 2.75) is 39.5 Å². The van der Waals surface area contributed by atoms with E-state index >= 15 is 0 Å². The molecule has 1 aliphatic heterocycles. The van der Waals surface area contributed by atoms with E-state index in [2.05, 4.69) is 10.6 Å².